The Morgan fingerprint density at radius 1 is 0.902 bits per heavy atom. The maximum atomic E-state index is 14.4. The average Bonchev–Trinajstić information content (AvgIpc) is 2.92. The molecule has 220 valence electrons. The molecule has 5 aliphatic rings. The van der Waals surface area contributed by atoms with E-state index in [4.69, 9.17) is 4.98 Å². The number of amides is 1. The Morgan fingerprint density at radius 3 is 2.32 bits per heavy atom. The third-order valence-corrected chi connectivity index (χ3v) is 11.2. The van der Waals surface area contributed by atoms with Gasteiger partial charge in [-0.25, -0.2) is 4.98 Å². The van der Waals surface area contributed by atoms with Crippen LogP contribution >= 0.6 is 0 Å². The second-order valence-electron chi connectivity index (χ2n) is 14.1. The van der Waals surface area contributed by atoms with Crippen LogP contribution in [-0.4, -0.2) is 55.0 Å². The molecule has 7 nitrogen and oxygen atoms in total. The van der Waals surface area contributed by atoms with Crippen molar-refractivity contribution in [1.82, 2.24) is 19.4 Å². The molecule has 7 heteroatoms. The van der Waals surface area contributed by atoms with Gasteiger partial charge in [-0.05, 0) is 101 Å². The van der Waals surface area contributed by atoms with Gasteiger partial charge in [0, 0.05) is 30.6 Å². The van der Waals surface area contributed by atoms with Crippen LogP contribution in [0.4, 0.5) is 0 Å². The first-order chi connectivity index (χ1) is 19.9. The van der Waals surface area contributed by atoms with Crippen LogP contribution in [0.1, 0.15) is 108 Å². The number of aliphatic hydroxyl groups is 1. The Morgan fingerprint density at radius 2 is 1.61 bits per heavy atom. The number of para-hydroxylation sites is 2. The third-order valence-electron chi connectivity index (χ3n) is 11.2. The molecule has 2 aromatic rings. The zero-order valence-corrected chi connectivity index (χ0v) is 24.6. The first-order valence-electron chi connectivity index (χ1n) is 16.3. The molecule has 4 heterocycles. The van der Waals surface area contributed by atoms with Gasteiger partial charge in [-0.2, -0.15) is 0 Å². The number of hydrogen-bond donors (Lipinski definition) is 1. The van der Waals surface area contributed by atoms with Crippen LogP contribution in [0.5, 0.6) is 0 Å². The second kappa shape index (κ2) is 10.9. The topological polar surface area (TPSA) is 78.7 Å². The number of aromatic nitrogens is 2. The van der Waals surface area contributed by atoms with Gasteiger partial charge >= 0.3 is 0 Å². The van der Waals surface area contributed by atoms with Crippen LogP contribution in [0.3, 0.4) is 0 Å². The van der Waals surface area contributed by atoms with Crippen molar-refractivity contribution < 1.29 is 9.90 Å². The van der Waals surface area contributed by atoms with Crippen molar-refractivity contribution in [3.8, 4) is 0 Å². The van der Waals surface area contributed by atoms with Gasteiger partial charge in [-0.1, -0.05) is 32.1 Å². The molecular weight excluding hydrogens is 512 g/mol. The highest BCUT2D eigenvalue weighted by Crippen LogP contribution is 2.48. The predicted molar refractivity (Wildman–Crippen MR) is 161 cm³/mol. The molecule has 41 heavy (non-hydrogen) atoms. The summed E-state index contributed by atoms with van der Waals surface area (Å²) in [5.74, 6) is 2.56. The summed E-state index contributed by atoms with van der Waals surface area (Å²) in [7, 11) is 0. The zero-order valence-electron chi connectivity index (χ0n) is 24.6. The van der Waals surface area contributed by atoms with E-state index >= 15 is 0 Å². The summed E-state index contributed by atoms with van der Waals surface area (Å²) in [4.78, 5) is 36.8. The van der Waals surface area contributed by atoms with Crippen molar-refractivity contribution >= 4 is 16.9 Å². The molecule has 7 rings (SSSR count). The predicted octanol–water partition coefficient (Wildman–Crippen LogP) is 6.29. The van der Waals surface area contributed by atoms with Gasteiger partial charge in [-0.15, -0.1) is 0 Å². The van der Waals surface area contributed by atoms with Gasteiger partial charge < -0.3 is 14.6 Å². The van der Waals surface area contributed by atoms with E-state index in [1.165, 1.54) is 51.4 Å². The quantitative estimate of drug-likeness (QED) is 0.436. The molecule has 4 unspecified atom stereocenters. The monoisotopic (exact) mass is 558 g/mol. The Bertz CT molecular complexity index is 1350. The van der Waals surface area contributed by atoms with Crippen molar-refractivity contribution in [2.75, 3.05) is 6.54 Å². The number of fused-ring (bicyclic) bond motifs is 5. The van der Waals surface area contributed by atoms with Crippen molar-refractivity contribution in [2.24, 2.45) is 17.8 Å². The summed E-state index contributed by atoms with van der Waals surface area (Å²) >= 11 is 0. The maximum Gasteiger partial charge on any atom is 0.275 e. The van der Waals surface area contributed by atoms with E-state index in [-0.39, 0.29) is 29.8 Å². The molecule has 2 aliphatic carbocycles. The Labute approximate surface area is 243 Å². The molecule has 1 N–H and O–H groups in total. The Kier molecular flexibility index (Phi) is 7.21. The lowest BCUT2D eigenvalue weighted by Gasteiger charge is -2.56. The maximum absolute atomic E-state index is 14.4. The number of benzene rings is 1. The molecule has 4 bridgehead atoms. The van der Waals surface area contributed by atoms with E-state index < -0.39 is 6.04 Å². The molecule has 8 atom stereocenters. The van der Waals surface area contributed by atoms with Crippen molar-refractivity contribution in [3.05, 3.63) is 52.7 Å². The first kappa shape index (κ1) is 27.2. The number of carbonyl (C=O) groups excluding carboxylic acids is 1. The molecule has 5 fully saturated rings. The van der Waals surface area contributed by atoms with Crippen LogP contribution in [0.25, 0.3) is 11.0 Å². The number of carbonyl (C=O) groups is 1. The molecule has 0 radical (unpaired) electrons. The van der Waals surface area contributed by atoms with Crippen LogP contribution in [0.2, 0.25) is 0 Å². The lowest BCUT2D eigenvalue weighted by Crippen LogP contribution is -2.59. The Balaban J connectivity index is 1.23. The van der Waals surface area contributed by atoms with E-state index in [0.717, 1.165) is 48.0 Å². The molecule has 1 amide bonds. The number of likely N-dealkylation sites (tertiary alicyclic amines) is 1. The zero-order chi connectivity index (χ0) is 28.2. The minimum Gasteiger partial charge on any atom is -0.511 e. The largest absolute Gasteiger partial charge is 0.511 e. The van der Waals surface area contributed by atoms with E-state index in [2.05, 4.69) is 23.0 Å². The van der Waals surface area contributed by atoms with Gasteiger partial charge in [0.15, 0.2) is 0 Å². The molecule has 0 spiro atoms. The molecule has 3 aliphatic heterocycles. The fourth-order valence-corrected chi connectivity index (χ4v) is 9.94. The number of hydrogen-bond acceptors (Lipinski definition) is 5. The highest BCUT2D eigenvalue weighted by Gasteiger charge is 2.46. The summed E-state index contributed by atoms with van der Waals surface area (Å²) in [5, 5.41) is 9.98. The fourth-order valence-electron chi connectivity index (χ4n) is 9.94. The minimum absolute atomic E-state index is 0.0438. The van der Waals surface area contributed by atoms with E-state index in [9.17, 15) is 14.7 Å². The van der Waals surface area contributed by atoms with Crippen LogP contribution in [-0.2, 0) is 4.79 Å². The van der Waals surface area contributed by atoms with Crippen molar-refractivity contribution in [2.45, 2.75) is 121 Å². The SMILES string of the molecule is C=C(O)CN1C(=O)CCCC1c1nc2ccccc2n(C2C[C@H]3CCC[C@@H](C2)N3C2C[C@H]3CC(C)C[C@@H](C2)C3)c1=O. The normalized spacial score (nSPS) is 35.9. The Hall–Kier alpha value is -2.67. The number of aliphatic hydroxyl groups excluding tert-OH is 1. The van der Waals surface area contributed by atoms with Gasteiger partial charge in [0.1, 0.15) is 11.5 Å². The van der Waals surface area contributed by atoms with Gasteiger partial charge in [0.2, 0.25) is 5.91 Å². The molecule has 1 aromatic heterocycles. The van der Waals surface area contributed by atoms with E-state index in [1.54, 1.807) is 4.90 Å². The van der Waals surface area contributed by atoms with E-state index in [1.807, 2.05) is 24.3 Å². The lowest BCUT2D eigenvalue weighted by atomic mass is 9.65. The minimum atomic E-state index is -0.438. The second-order valence-corrected chi connectivity index (χ2v) is 14.1. The number of piperidine rings is 3. The summed E-state index contributed by atoms with van der Waals surface area (Å²) in [6.07, 6.45) is 14.6. The molecular formula is C34H46N4O3. The van der Waals surface area contributed by atoms with Crippen LogP contribution < -0.4 is 5.56 Å². The van der Waals surface area contributed by atoms with Crippen molar-refractivity contribution in [3.63, 3.8) is 0 Å². The fraction of sp³-hybridized carbons (Fsp3) is 0.676. The standard InChI is InChI=1S/C34H46N4O3/c1-21-13-23-15-24(14-21)17-27(16-23)37-25-7-5-8-26(37)19-28(18-25)38-30-10-4-3-9-29(30)35-33(34(38)41)31-11-6-12-32(40)36(31)20-22(2)39/h3-4,9-10,21,23-28,31,39H,2,5-8,11-20H2,1H3/t21?,23-,24+,25-,26+,27?,28?,31?. The molecule has 2 saturated carbocycles. The van der Waals surface area contributed by atoms with Crippen LogP contribution in [0, 0.1) is 17.8 Å². The highest BCUT2D eigenvalue weighted by molar-refractivity contribution is 5.78. The highest BCUT2D eigenvalue weighted by atomic mass is 16.3. The van der Waals surface area contributed by atoms with E-state index in [0.29, 0.717) is 36.7 Å². The van der Waals surface area contributed by atoms with Gasteiger partial charge in [0.25, 0.3) is 5.56 Å². The van der Waals surface area contributed by atoms with Gasteiger partial charge in [-0.3, -0.25) is 14.5 Å². The molecule has 1 aromatic carbocycles. The van der Waals surface area contributed by atoms with Crippen LogP contribution in [0.15, 0.2) is 41.4 Å². The lowest BCUT2D eigenvalue weighted by molar-refractivity contribution is -0.136. The average molecular weight is 559 g/mol. The smallest absolute Gasteiger partial charge is 0.275 e. The molecule has 3 saturated heterocycles. The third kappa shape index (κ3) is 5.02. The first-order valence-corrected chi connectivity index (χ1v) is 16.3. The summed E-state index contributed by atoms with van der Waals surface area (Å²) in [5.41, 5.74) is 2.10. The number of rotatable bonds is 5. The summed E-state index contributed by atoms with van der Waals surface area (Å²) in [6, 6.07) is 9.47. The van der Waals surface area contributed by atoms with Crippen molar-refractivity contribution in [1.29, 1.82) is 0 Å². The summed E-state index contributed by atoms with van der Waals surface area (Å²) in [6.45, 7) is 6.12. The number of nitrogens with zero attached hydrogens (tertiary/aromatic N) is 4. The summed E-state index contributed by atoms with van der Waals surface area (Å²) < 4.78 is 2.06. The van der Waals surface area contributed by atoms with Gasteiger partial charge in [0.05, 0.1) is 23.6 Å².